The van der Waals surface area contributed by atoms with Gasteiger partial charge in [-0.15, -0.1) is 0 Å². The summed E-state index contributed by atoms with van der Waals surface area (Å²) in [6.45, 7) is 1.98. The zero-order valence-electron chi connectivity index (χ0n) is 8.60. The van der Waals surface area contributed by atoms with Crippen LogP contribution in [0.25, 0.3) is 11.1 Å². The van der Waals surface area contributed by atoms with Gasteiger partial charge in [0.15, 0.2) is 0 Å². The van der Waals surface area contributed by atoms with Crippen molar-refractivity contribution in [2.24, 2.45) is 0 Å². The van der Waals surface area contributed by atoms with Crippen LogP contribution in [-0.2, 0) is 0 Å². The summed E-state index contributed by atoms with van der Waals surface area (Å²) in [6, 6.07) is 9.39. The summed E-state index contributed by atoms with van der Waals surface area (Å²) in [5.41, 5.74) is 2.35. The predicted molar refractivity (Wildman–Crippen MR) is 69.2 cm³/mol. The lowest BCUT2D eigenvalue weighted by molar-refractivity contribution is 0.585. The Kier molecular flexibility index (Phi) is 3.23. The third kappa shape index (κ3) is 2.24. The molecule has 0 aromatic heterocycles. The van der Waals surface area contributed by atoms with Crippen molar-refractivity contribution in [3.63, 3.8) is 0 Å². The van der Waals surface area contributed by atoms with E-state index in [9.17, 15) is 8.78 Å². The first-order valence-corrected chi connectivity index (χ1v) is 5.87. The van der Waals surface area contributed by atoms with Gasteiger partial charge >= 0.3 is 0 Å². The van der Waals surface area contributed by atoms with Gasteiger partial charge in [0.1, 0.15) is 11.6 Å². The van der Waals surface area contributed by atoms with Crippen LogP contribution >= 0.6 is 22.6 Å². The molecule has 2 aromatic rings. The monoisotopic (exact) mass is 330 g/mol. The van der Waals surface area contributed by atoms with E-state index in [1.807, 2.05) is 25.1 Å². The molecule has 0 radical (unpaired) electrons. The van der Waals surface area contributed by atoms with Crippen molar-refractivity contribution in [3.05, 3.63) is 57.2 Å². The minimum absolute atomic E-state index is 0.436. The van der Waals surface area contributed by atoms with Crippen molar-refractivity contribution in [2.75, 3.05) is 0 Å². The molecular weight excluding hydrogens is 321 g/mol. The Bertz CT molecular complexity index is 486. The lowest BCUT2D eigenvalue weighted by Crippen LogP contribution is -1.89. The Balaban J connectivity index is 2.59. The van der Waals surface area contributed by atoms with Crippen molar-refractivity contribution in [1.82, 2.24) is 0 Å². The van der Waals surface area contributed by atoms with Gasteiger partial charge in [-0.3, -0.25) is 0 Å². The van der Waals surface area contributed by atoms with Crippen LogP contribution < -0.4 is 0 Å². The smallest absolute Gasteiger partial charge is 0.133 e. The number of hydrogen-bond donors (Lipinski definition) is 0. The van der Waals surface area contributed by atoms with Gasteiger partial charge in [-0.25, -0.2) is 8.78 Å². The van der Waals surface area contributed by atoms with Crippen molar-refractivity contribution in [2.45, 2.75) is 6.92 Å². The van der Waals surface area contributed by atoms with Gasteiger partial charge in [-0.2, -0.15) is 0 Å². The molecule has 0 nitrogen and oxygen atoms in total. The highest BCUT2D eigenvalue weighted by molar-refractivity contribution is 14.1. The molecule has 0 saturated heterocycles. The van der Waals surface area contributed by atoms with Crippen molar-refractivity contribution in [1.29, 1.82) is 0 Å². The average molecular weight is 330 g/mol. The standard InChI is InChI=1S/C13H9F2I/c1-8-2-4-11(13(16)6-8)10-5-3-9(14)7-12(10)15/h2-7H,1H3. The maximum absolute atomic E-state index is 13.6. The Morgan fingerprint density at radius 2 is 1.62 bits per heavy atom. The minimum atomic E-state index is -0.552. The Hall–Kier alpha value is -0.970. The molecule has 3 heteroatoms. The first-order chi connectivity index (χ1) is 7.58. The third-order valence-electron chi connectivity index (χ3n) is 2.35. The second-order valence-corrected chi connectivity index (χ2v) is 4.77. The van der Waals surface area contributed by atoms with E-state index in [2.05, 4.69) is 22.6 Å². The molecule has 0 N–H and O–H groups in total. The van der Waals surface area contributed by atoms with E-state index in [0.29, 0.717) is 5.56 Å². The van der Waals surface area contributed by atoms with Crippen molar-refractivity contribution >= 4 is 22.6 Å². The highest BCUT2D eigenvalue weighted by Crippen LogP contribution is 2.28. The molecule has 2 aromatic carbocycles. The molecule has 2 rings (SSSR count). The number of rotatable bonds is 1. The third-order valence-corrected chi connectivity index (χ3v) is 3.24. The van der Waals surface area contributed by atoms with Crippen LogP contribution in [-0.4, -0.2) is 0 Å². The van der Waals surface area contributed by atoms with E-state index in [1.165, 1.54) is 12.1 Å². The molecule has 82 valence electrons. The average Bonchev–Trinajstić information content (AvgIpc) is 2.19. The van der Waals surface area contributed by atoms with E-state index < -0.39 is 11.6 Å². The Morgan fingerprint density at radius 3 is 2.25 bits per heavy atom. The molecule has 0 aliphatic rings. The summed E-state index contributed by atoms with van der Waals surface area (Å²) in [4.78, 5) is 0. The first kappa shape index (κ1) is 11.5. The van der Waals surface area contributed by atoms with E-state index in [4.69, 9.17) is 0 Å². The lowest BCUT2D eigenvalue weighted by Gasteiger charge is -2.07. The molecule has 0 atom stereocenters. The molecule has 0 amide bonds. The Labute approximate surface area is 106 Å². The fraction of sp³-hybridized carbons (Fsp3) is 0.0769. The largest absolute Gasteiger partial charge is 0.207 e. The summed E-state index contributed by atoms with van der Waals surface area (Å²) in [5.74, 6) is -1.08. The van der Waals surface area contributed by atoms with Crippen LogP contribution in [0.3, 0.4) is 0 Å². The minimum Gasteiger partial charge on any atom is -0.207 e. The van der Waals surface area contributed by atoms with Crippen LogP contribution in [0, 0.1) is 22.1 Å². The van der Waals surface area contributed by atoms with Gasteiger partial charge in [0.25, 0.3) is 0 Å². The highest BCUT2D eigenvalue weighted by atomic mass is 127. The van der Waals surface area contributed by atoms with Gasteiger partial charge in [-0.05, 0) is 53.3 Å². The summed E-state index contributed by atoms with van der Waals surface area (Å²) >= 11 is 2.15. The fourth-order valence-corrected chi connectivity index (χ4v) is 2.51. The summed E-state index contributed by atoms with van der Waals surface area (Å²) < 4.78 is 27.3. The van der Waals surface area contributed by atoms with Gasteiger partial charge in [0.2, 0.25) is 0 Å². The number of halogens is 3. The highest BCUT2D eigenvalue weighted by Gasteiger charge is 2.09. The summed E-state index contributed by atoms with van der Waals surface area (Å²) in [5, 5.41) is 0. The second-order valence-electron chi connectivity index (χ2n) is 3.61. The van der Waals surface area contributed by atoms with Crippen LogP contribution in [0.2, 0.25) is 0 Å². The predicted octanol–water partition coefficient (Wildman–Crippen LogP) is 4.54. The van der Waals surface area contributed by atoms with Crippen LogP contribution in [0.1, 0.15) is 5.56 Å². The van der Waals surface area contributed by atoms with Crippen molar-refractivity contribution in [3.8, 4) is 11.1 Å². The quantitative estimate of drug-likeness (QED) is 0.673. The number of hydrogen-bond acceptors (Lipinski definition) is 0. The van der Waals surface area contributed by atoms with Crippen LogP contribution in [0.4, 0.5) is 8.78 Å². The molecule has 0 unspecified atom stereocenters. The second kappa shape index (κ2) is 4.49. The maximum Gasteiger partial charge on any atom is 0.133 e. The molecule has 0 fully saturated rings. The van der Waals surface area contributed by atoms with E-state index in [0.717, 1.165) is 20.8 Å². The molecule has 0 heterocycles. The Morgan fingerprint density at radius 1 is 0.938 bits per heavy atom. The number of benzene rings is 2. The molecule has 0 spiro atoms. The van der Waals surface area contributed by atoms with E-state index >= 15 is 0 Å². The van der Waals surface area contributed by atoms with E-state index in [1.54, 1.807) is 0 Å². The molecular formula is C13H9F2I. The van der Waals surface area contributed by atoms with Crippen molar-refractivity contribution < 1.29 is 8.78 Å². The van der Waals surface area contributed by atoms with Crippen LogP contribution in [0.5, 0.6) is 0 Å². The maximum atomic E-state index is 13.6. The SMILES string of the molecule is Cc1ccc(-c2ccc(F)cc2F)c(I)c1. The van der Waals surface area contributed by atoms with Gasteiger partial charge in [-0.1, -0.05) is 17.7 Å². The normalized spacial score (nSPS) is 10.5. The molecule has 0 bridgehead atoms. The zero-order chi connectivity index (χ0) is 11.7. The first-order valence-electron chi connectivity index (χ1n) is 4.79. The van der Waals surface area contributed by atoms with Gasteiger partial charge in [0, 0.05) is 15.2 Å². The van der Waals surface area contributed by atoms with Gasteiger partial charge in [0.05, 0.1) is 0 Å². The molecule has 0 saturated carbocycles. The fourth-order valence-electron chi connectivity index (χ4n) is 1.55. The lowest BCUT2D eigenvalue weighted by atomic mass is 10.0. The number of aryl methyl sites for hydroxylation is 1. The topological polar surface area (TPSA) is 0 Å². The summed E-state index contributed by atoms with van der Waals surface area (Å²) in [7, 11) is 0. The molecule has 0 aliphatic carbocycles. The van der Waals surface area contributed by atoms with E-state index in [-0.39, 0.29) is 0 Å². The zero-order valence-corrected chi connectivity index (χ0v) is 10.8. The summed E-state index contributed by atoms with van der Waals surface area (Å²) in [6.07, 6.45) is 0. The van der Waals surface area contributed by atoms with Crippen LogP contribution in [0.15, 0.2) is 36.4 Å². The van der Waals surface area contributed by atoms with Gasteiger partial charge < -0.3 is 0 Å². The molecule has 16 heavy (non-hydrogen) atoms. The molecule has 0 aliphatic heterocycles.